The zero-order valence-electron chi connectivity index (χ0n) is 9.61. The van der Waals surface area contributed by atoms with Crippen molar-refractivity contribution in [1.29, 1.82) is 0 Å². The fourth-order valence-corrected chi connectivity index (χ4v) is 2.46. The van der Waals surface area contributed by atoms with Gasteiger partial charge in [-0.05, 0) is 37.1 Å². The van der Waals surface area contributed by atoms with Crippen molar-refractivity contribution in [3.05, 3.63) is 47.8 Å². The Labute approximate surface area is 101 Å². The quantitative estimate of drug-likeness (QED) is 0.547. The minimum atomic E-state index is -4.30. The molecule has 0 N–H and O–H groups in total. The van der Waals surface area contributed by atoms with Gasteiger partial charge in [0.25, 0.3) is 0 Å². The maximum absolute atomic E-state index is 14.0. The first-order valence-electron chi connectivity index (χ1n) is 5.35. The van der Waals surface area contributed by atoms with Crippen molar-refractivity contribution in [2.24, 2.45) is 0 Å². The molecule has 0 heterocycles. The molecule has 0 radical (unpaired) electrons. The van der Waals surface area contributed by atoms with Crippen molar-refractivity contribution in [3.63, 3.8) is 0 Å². The van der Waals surface area contributed by atoms with Gasteiger partial charge in [0.1, 0.15) is 5.82 Å². The van der Waals surface area contributed by atoms with Crippen molar-refractivity contribution >= 4 is 0 Å². The van der Waals surface area contributed by atoms with E-state index in [0.717, 1.165) is 31.2 Å². The number of rotatable bonds is 2. The van der Waals surface area contributed by atoms with E-state index in [1.807, 2.05) is 0 Å². The summed E-state index contributed by atoms with van der Waals surface area (Å²) in [7, 11) is 0. The topological polar surface area (TPSA) is 0 Å². The van der Waals surface area contributed by atoms with Gasteiger partial charge in [0.15, 0.2) is 0 Å². The van der Waals surface area contributed by atoms with E-state index in [0.29, 0.717) is 0 Å². The van der Waals surface area contributed by atoms with Crippen molar-refractivity contribution in [2.75, 3.05) is 0 Å². The monoisotopic (exact) mass is 262 g/mol. The van der Waals surface area contributed by atoms with Crippen LogP contribution in [0.4, 0.5) is 22.0 Å². The van der Waals surface area contributed by atoms with E-state index in [1.165, 1.54) is 0 Å². The van der Waals surface area contributed by atoms with Gasteiger partial charge in [-0.1, -0.05) is 6.08 Å². The molecule has 1 aromatic carbocycles. The Morgan fingerprint density at radius 2 is 1.78 bits per heavy atom. The summed E-state index contributed by atoms with van der Waals surface area (Å²) in [6.45, 7) is 4.31. The van der Waals surface area contributed by atoms with Gasteiger partial charge < -0.3 is 0 Å². The van der Waals surface area contributed by atoms with Crippen molar-refractivity contribution in [3.8, 4) is 0 Å². The molecule has 5 heteroatoms. The van der Waals surface area contributed by atoms with Gasteiger partial charge in [0, 0.05) is 5.56 Å². The largest absolute Gasteiger partial charge is 0.336 e. The maximum atomic E-state index is 14.0. The molecular formula is C13H11F5. The Kier molecular flexibility index (Phi) is 2.58. The molecule has 18 heavy (non-hydrogen) atoms. The highest BCUT2D eigenvalue weighted by Crippen LogP contribution is 2.62. The normalized spacial score (nSPS) is 27.9. The second-order valence-corrected chi connectivity index (χ2v) is 4.66. The van der Waals surface area contributed by atoms with E-state index in [4.69, 9.17) is 0 Å². The highest BCUT2D eigenvalue weighted by molar-refractivity contribution is 5.48. The second kappa shape index (κ2) is 3.56. The fraction of sp³-hybridized carbons (Fsp3) is 0.385. The number of allylic oxidation sites excluding steroid dienone is 1. The molecule has 0 amide bonds. The molecule has 98 valence electrons. The van der Waals surface area contributed by atoms with Crippen LogP contribution in [0.15, 0.2) is 30.9 Å². The van der Waals surface area contributed by atoms with Crippen LogP contribution in [0.2, 0.25) is 0 Å². The maximum Gasteiger partial charge on any atom is 0.336 e. The molecule has 0 spiro atoms. The van der Waals surface area contributed by atoms with Crippen molar-refractivity contribution in [1.82, 2.24) is 0 Å². The standard InChI is InChI=1S/C13H11F5/c1-3-6-11(2)10-7-8(14)4-5-9(10)12(15,16)13(11,17)18/h3-5,7H,1,6H2,2H3/t11-/m0/s1. The lowest BCUT2D eigenvalue weighted by Crippen LogP contribution is -2.46. The third kappa shape index (κ3) is 1.30. The highest BCUT2D eigenvalue weighted by Gasteiger charge is 2.73. The van der Waals surface area contributed by atoms with Crippen molar-refractivity contribution in [2.45, 2.75) is 30.6 Å². The van der Waals surface area contributed by atoms with Crippen LogP contribution in [0.25, 0.3) is 0 Å². The van der Waals surface area contributed by atoms with Crippen LogP contribution in [0.3, 0.4) is 0 Å². The molecule has 1 atom stereocenters. The number of hydrogen-bond donors (Lipinski definition) is 0. The summed E-state index contributed by atoms with van der Waals surface area (Å²) in [5.74, 6) is -9.38. The second-order valence-electron chi connectivity index (χ2n) is 4.66. The van der Waals surface area contributed by atoms with Crippen LogP contribution < -0.4 is 0 Å². The Morgan fingerprint density at radius 1 is 1.17 bits per heavy atom. The lowest BCUT2D eigenvalue weighted by molar-refractivity contribution is -0.234. The molecule has 1 aliphatic carbocycles. The lowest BCUT2D eigenvalue weighted by atomic mass is 9.78. The lowest BCUT2D eigenvalue weighted by Gasteiger charge is -2.33. The first-order valence-corrected chi connectivity index (χ1v) is 5.35. The van der Waals surface area contributed by atoms with Gasteiger partial charge in [-0.25, -0.2) is 4.39 Å². The fourth-order valence-electron chi connectivity index (χ4n) is 2.46. The van der Waals surface area contributed by atoms with Crippen LogP contribution >= 0.6 is 0 Å². The summed E-state index contributed by atoms with van der Waals surface area (Å²) >= 11 is 0. The predicted octanol–water partition coefficient (Wildman–Crippen LogP) is 4.40. The average molecular weight is 262 g/mol. The summed E-state index contributed by atoms with van der Waals surface area (Å²) in [5.41, 5.74) is -3.30. The van der Waals surface area contributed by atoms with E-state index in [-0.39, 0.29) is 12.0 Å². The summed E-state index contributed by atoms with van der Waals surface area (Å²) in [6, 6.07) is 2.25. The third-order valence-corrected chi connectivity index (χ3v) is 3.55. The van der Waals surface area contributed by atoms with E-state index < -0.39 is 28.6 Å². The zero-order valence-corrected chi connectivity index (χ0v) is 9.61. The van der Waals surface area contributed by atoms with Gasteiger partial charge in [0.05, 0.1) is 5.41 Å². The Hall–Kier alpha value is -1.39. The first-order chi connectivity index (χ1) is 8.18. The number of alkyl halides is 4. The average Bonchev–Trinajstić information content (AvgIpc) is 2.37. The molecule has 1 aromatic rings. The van der Waals surface area contributed by atoms with Gasteiger partial charge in [0.2, 0.25) is 0 Å². The molecule has 0 nitrogen and oxygen atoms in total. The molecule has 0 bridgehead atoms. The van der Waals surface area contributed by atoms with Crippen molar-refractivity contribution < 1.29 is 22.0 Å². The Balaban J connectivity index is 2.77. The smallest absolute Gasteiger partial charge is 0.207 e. The van der Waals surface area contributed by atoms with E-state index in [2.05, 4.69) is 6.58 Å². The SMILES string of the molecule is C=CC[C@@]1(C)c2cc(F)ccc2C(F)(F)C1(F)F. The van der Waals surface area contributed by atoms with Crippen LogP contribution in [0, 0.1) is 5.82 Å². The Morgan fingerprint density at radius 3 is 2.33 bits per heavy atom. The minimum Gasteiger partial charge on any atom is -0.207 e. The summed E-state index contributed by atoms with van der Waals surface area (Å²) in [4.78, 5) is 0. The molecule has 0 fully saturated rings. The number of halogens is 5. The molecule has 0 aromatic heterocycles. The van der Waals surface area contributed by atoms with Gasteiger partial charge >= 0.3 is 11.8 Å². The van der Waals surface area contributed by atoms with Gasteiger partial charge in [-0.3, -0.25) is 0 Å². The molecule has 0 unspecified atom stereocenters. The minimum absolute atomic E-state index is 0.350. The number of benzene rings is 1. The molecular weight excluding hydrogens is 251 g/mol. The first kappa shape index (κ1) is 13.1. The van der Waals surface area contributed by atoms with E-state index in [1.54, 1.807) is 0 Å². The number of hydrogen-bond acceptors (Lipinski definition) is 0. The zero-order chi connectivity index (χ0) is 13.8. The highest BCUT2D eigenvalue weighted by atomic mass is 19.3. The van der Waals surface area contributed by atoms with Crippen LogP contribution in [-0.4, -0.2) is 5.92 Å². The molecule has 2 rings (SSSR count). The summed E-state index contributed by atoms with van der Waals surface area (Å²) in [6.07, 6.45) is 0.788. The molecule has 0 saturated heterocycles. The van der Waals surface area contributed by atoms with Gasteiger partial charge in [-0.15, -0.1) is 6.58 Å². The predicted molar refractivity (Wildman–Crippen MR) is 57.4 cm³/mol. The summed E-state index contributed by atoms with van der Waals surface area (Å²) in [5, 5.41) is 0. The molecule has 0 aliphatic heterocycles. The van der Waals surface area contributed by atoms with Crippen LogP contribution in [0.1, 0.15) is 24.5 Å². The van der Waals surface area contributed by atoms with Crippen LogP contribution in [0.5, 0.6) is 0 Å². The van der Waals surface area contributed by atoms with Gasteiger partial charge in [-0.2, -0.15) is 17.6 Å². The molecule has 1 aliphatic rings. The van der Waals surface area contributed by atoms with E-state index in [9.17, 15) is 22.0 Å². The summed E-state index contributed by atoms with van der Waals surface area (Å²) < 4.78 is 68.6. The van der Waals surface area contributed by atoms with E-state index >= 15 is 0 Å². The number of fused-ring (bicyclic) bond motifs is 1. The Bertz CT molecular complexity index is 506. The van der Waals surface area contributed by atoms with Crippen LogP contribution in [-0.2, 0) is 11.3 Å². The molecule has 0 saturated carbocycles. The third-order valence-electron chi connectivity index (χ3n) is 3.55.